The van der Waals surface area contributed by atoms with Crippen LogP contribution in [0, 0.1) is 0 Å². The van der Waals surface area contributed by atoms with Crippen molar-refractivity contribution in [1.29, 1.82) is 0 Å². The van der Waals surface area contributed by atoms with Crippen molar-refractivity contribution in [2.75, 3.05) is 13.2 Å². The molecule has 7 nitrogen and oxygen atoms in total. The third-order valence-corrected chi connectivity index (χ3v) is 6.10. The van der Waals surface area contributed by atoms with Gasteiger partial charge in [0.25, 0.3) is 11.1 Å². The van der Waals surface area contributed by atoms with E-state index >= 15 is 0 Å². The Kier molecular flexibility index (Phi) is 9.61. The van der Waals surface area contributed by atoms with Gasteiger partial charge in [-0.2, -0.15) is 0 Å². The predicted octanol–water partition coefficient (Wildman–Crippen LogP) is 6.03. The van der Waals surface area contributed by atoms with Crippen LogP contribution in [-0.4, -0.2) is 41.3 Å². The molecule has 0 bridgehead atoms. The maximum Gasteiger partial charge on any atom is 0.326 e. The van der Waals surface area contributed by atoms with Gasteiger partial charge in [0.15, 0.2) is 11.5 Å². The van der Waals surface area contributed by atoms with Crippen molar-refractivity contribution in [3.63, 3.8) is 0 Å². The summed E-state index contributed by atoms with van der Waals surface area (Å²) >= 11 is 6.75. The van der Waals surface area contributed by atoms with E-state index in [1.54, 1.807) is 44.2 Å². The molecule has 1 aliphatic rings. The number of amides is 2. The number of carbonyl (C=O) groups excluding carboxylic acids is 3. The summed E-state index contributed by atoms with van der Waals surface area (Å²) in [6, 6.07) is 11.0. The number of ether oxygens (including phenoxy) is 3. The molecule has 0 spiro atoms. The number of allylic oxidation sites excluding steroid dienone is 1. The van der Waals surface area contributed by atoms with Gasteiger partial charge in [-0.3, -0.25) is 19.3 Å². The van der Waals surface area contributed by atoms with Gasteiger partial charge in [0.2, 0.25) is 0 Å². The number of rotatable bonds is 11. The Morgan fingerprint density at radius 1 is 1.17 bits per heavy atom. The lowest BCUT2D eigenvalue weighted by molar-refractivity contribution is -0.149. The minimum atomic E-state index is -0.636. The summed E-state index contributed by atoms with van der Waals surface area (Å²) in [6.45, 7) is 9.39. The van der Waals surface area contributed by atoms with Gasteiger partial charge in [-0.1, -0.05) is 29.8 Å². The molecular formula is C27H28ClNO6S. The number of benzene rings is 2. The van der Waals surface area contributed by atoms with Crippen molar-refractivity contribution in [2.45, 2.75) is 39.9 Å². The first kappa shape index (κ1) is 27.4. The first-order chi connectivity index (χ1) is 17.2. The van der Waals surface area contributed by atoms with Gasteiger partial charge in [-0.15, -0.1) is 6.58 Å². The Labute approximate surface area is 220 Å². The van der Waals surface area contributed by atoms with E-state index in [9.17, 15) is 14.4 Å². The molecule has 1 aliphatic heterocycles. The fourth-order valence-electron chi connectivity index (χ4n) is 3.45. The van der Waals surface area contributed by atoms with Gasteiger partial charge in [0, 0.05) is 10.6 Å². The third-order valence-electron chi connectivity index (χ3n) is 4.94. The molecule has 2 aromatic rings. The fourth-order valence-corrected chi connectivity index (χ4v) is 4.42. The molecule has 0 saturated carbocycles. The lowest BCUT2D eigenvalue weighted by Gasteiger charge is -2.17. The number of imide groups is 1. The number of carbonyl (C=O) groups is 3. The quantitative estimate of drug-likeness (QED) is 0.199. The number of hydrogen-bond acceptors (Lipinski definition) is 7. The molecule has 0 N–H and O–H groups in total. The topological polar surface area (TPSA) is 82.1 Å². The minimum absolute atomic E-state index is 0.208. The van der Waals surface area contributed by atoms with Crippen LogP contribution in [0.5, 0.6) is 11.5 Å². The maximum absolute atomic E-state index is 12.8. The van der Waals surface area contributed by atoms with E-state index in [-0.39, 0.29) is 11.0 Å². The second kappa shape index (κ2) is 12.6. The summed E-state index contributed by atoms with van der Waals surface area (Å²) in [4.78, 5) is 38.3. The average Bonchev–Trinajstić information content (AvgIpc) is 3.07. The summed E-state index contributed by atoms with van der Waals surface area (Å²) in [5.74, 6) is -0.0927. The first-order valence-corrected chi connectivity index (χ1v) is 12.6. The van der Waals surface area contributed by atoms with E-state index in [1.807, 2.05) is 25.1 Å². The van der Waals surface area contributed by atoms with Crippen LogP contribution in [0.25, 0.3) is 6.08 Å². The molecule has 2 aromatic carbocycles. The van der Waals surface area contributed by atoms with Crippen LogP contribution in [0.1, 0.15) is 37.5 Å². The molecule has 1 saturated heterocycles. The predicted molar refractivity (Wildman–Crippen MR) is 141 cm³/mol. The van der Waals surface area contributed by atoms with Gasteiger partial charge in [-0.05, 0) is 80.4 Å². The van der Waals surface area contributed by atoms with Crippen molar-refractivity contribution in [3.8, 4) is 11.5 Å². The van der Waals surface area contributed by atoms with Crippen LogP contribution in [0.2, 0.25) is 5.02 Å². The van der Waals surface area contributed by atoms with Crippen molar-refractivity contribution in [2.24, 2.45) is 0 Å². The Bertz CT molecular complexity index is 1180. The zero-order chi connectivity index (χ0) is 26.2. The van der Waals surface area contributed by atoms with Crippen molar-refractivity contribution in [1.82, 2.24) is 4.90 Å². The lowest BCUT2D eigenvalue weighted by Crippen LogP contribution is -2.35. The second-order valence-electron chi connectivity index (χ2n) is 8.15. The SMILES string of the molecule is C=CCc1cc(/C=C2\SC(=O)N(CC(=O)OC(C)C)C2=O)cc(OCC)c1OCc1ccc(Cl)cc1. The minimum Gasteiger partial charge on any atom is -0.490 e. The van der Waals surface area contributed by atoms with E-state index in [0.717, 1.165) is 27.8 Å². The molecular weight excluding hydrogens is 502 g/mol. The van der Waals surface area contributed by atoms with Crippen LogP contribution in [0.3, 0.4) is 0 Å². The van der Waals surface area contributed by atoms with Crippen LogP contribution in [0.15, 0.2) is 54.0 Å². The molecule has 2 amide bonds. The standard InChI is InChI=1S/C27H28ClNO6S/c1-5-7-20-12-19(14-23-26(31)29(27(32)36-23)15-24(30)35-17(3)4)13-22(33-6-2)25(20)34-16-18-8-10-21(28)11-9-18/h5,8-14,17H,1,6-7,15-16H2,2-4H3/b23-14-. The van der Waals surface area contributed by atoms with E-state index in [2.05, 4.69) is 6.58 Å². The first-order valence-electron chi connectivity index (χ1n) is 11.4. The molecule has 1 heterocycles. The molecule has 0 unspecified atom stereocenters. The van der Waals surface area contributed by atoms with Crippen molar-refractivity contribution in [3.05, 3.63) is 75.7 Å². The van der Waals surface area contributed by atoms with Crippen LogP contribution >= 0.6 is 23.4 Å². The van der Waals surface area contributed by atoms with Gasteiger partial charge in [0.1, 0.15) is 13.2 Å². The van der Waals surface area contributed by atoms with E-state index in [4.69, 9.17) is 25.8 Å². The normalized spacial score (nSPS) is 14.5. The summed E-state index contributed by atoms with van der Waals surface area (Å²) in [5.41, 5.74) is 2.42. The highest BCUT2D eigenvalue weighted by molar-refractivity contribution is 8.18. The molecule has 0 atom stereocenters. The van der Waals surface area contributed by atoms with E-state index < -0.39 is 23.7 Å². The highest BCUT2D eigenvalue weighted by Gasteiger charge is 2.37. The van der Waals surface area contributed by atoms with Crippen molar-refractivity contribution < 1.29 is 28.6 Å². The zero-order valence-corrected chi connectivity index (χ0v) is 22.0. The highest BCUT2D eigenvalue weighted by Crippen LogP contribution is 2.37. The molecule has 0 aromatic heterocycles. The fraction of sp³-hybridized carbons (Fsp3) is 0.296. The highest BCUT2D eigenvalue weighted by atomic mass is 35.5. The van der Waals surface area contributed by atoms with E-state index in [0.29, 0.717) is 41.7 Å². The van der Waals surface area contributed by atoms with Crippen LogP contribution in [-0.2, 0) is 27.4 Å². The molecule has 0 aliphatic carbocycles. The second-order valence-corrected chi connectivity index (χ2v) is 9.58. The largest absolute Gasteiger partial charge is 0.490 e. The molecule has 1 fully saturated rings. The molecule has 36 heavy (non-hydrogen) atoms. The smallest absolute Gasteiger partial charge is 0.326 e. The molecule has 0 radical (unpaired) electrons. The Hall–Kier alpha value is -3.23. The average molecular weight is 530 g/mol. The maximum atomic E-state index is 12.8. The Morgan fingerprint density at radius 3 is 2.53 bits per heavy atom. The molecule has 3 rings (SSSR count). The summed E-state index contributed by atoms with van der Waals surface area (Å²) in [5, 5.41) is 0.123. The number of halogens is 1. The summed E-state index contributed by atoms with van der Waals surface area (Å²) < 4.78 is 17.0. The van der Waals surface area contributed by atoms with Gasteiger partial charge in [0.05, 0.1) is 17.6 Å². The molecule has 9 heteroatoms. The lowest BCUT2D eigenvalue weighted by atomic mass is 10.0. The third kappa shape index (κ3) is 7.15. The number of thioether (sulfide) groups is 1. The van der Waals surface area contributed by atoms with E-state index in [1.165, 1.54) is 0 Å². The molecule has 190 valence electrons. The zero-order valence-electron chi connectivity index (χ0n) is 20.4. The Balaban J connectivity index is 1.88. The van der Waals surface area contributed by atoms with Crippen LogP contribution in [0.4, 0.5) is 4.79 Å². The van der Waals surface area contributed by atoms with Crippen molar-refractivity contribution >= 4 is 46.6 Å². The monoisotopic (exact) mass is 529 g/mol. The number of hydrogen-bond donors (Lipinski definition) is 0. The van der Waals surface area contributed by atoms with Gasteiger partial charge >= 0.3 is 5.97 Å². The Morgan fingerprint density at radius 2 is 1.89 bits per heavy atom. The number of esters is 1. The summed E-state index contributed by atoms with van der Waals surface area (Å²) in [6.07, 6.45) is 3.52. The van der Waals surface area contributed by atoms with Crippen LogP contribution < -0.4 is 9.47 Å². The summed E-state index contributed by atoms with van der Waals surface area (Å²) in [7, 11) is 0. The van der Waals surface area contributed by atoms with Gasteiger partial charge < -0.3 is 14.2 Å². The van der Waals surface area contributed by atoms with Gasteiger partial charge in [-0.25, -0.2) is 0 Å². The number of nitrogens with zero attached hydrogens (tertiary/aromatic N) is 1.